The van der Waals surface area contributed by atoms with Crippen LogP contribution in [0.1, 0.15) is 49.7 Å². The Hall–Kier alpha value is -0.850. The maximum absolute atomic E-state index is 12.9. The molecule has 0 aromatic carbocycles. The topological polar surface area (TPSA) is 70.8 Å². The number of aliphatic hydroxyl groups is 1. The molecule has 6 heteroatoms. The van der Waals surface area contributed by atoms with Crippen molar-refractivity contribution in [2.45, 2.75) is 64.0 Å². The van der Waals surface area contributed by atoms with Gasteiger partial charge in [0.2, 0.25) is 10.0 Å². The fraction of sp³-hybridized carbons (Fsp3) is 0.733. The molecule has 1 aromatic rings. The number of hydrogen-bond donors (Lipinski definition) is 1. The van der Waals surface area contributed by atoms with Crippen molar-refractivity contribution in [2.75, 3.05) is 7.05 Å². The Bertz CT molecular complexity index is 605. The van der Waals surface area contributed by atoms with Crippen molar-refractivity contribution in [3.05, 3.63) is 17.1 Å². The van der Waals surface area contributed by atoms with Crippen LogP contribution in [0.3, 0.4) is 0 Å². The van der Waals surface area contributed by atoms with Crippen molar-refractivity contribution in [3.63, 3.8) is 0 Å². The number of nitrogens with zero attached hydrogens (tertiary/aromatic N) is 1. The lowest BCUT2D eigenvalue weighted by Gasteiger charge is -2.35. The van der Waals surface area contributed by atoms with Gasteiger partial charge in [-0.2, -0.15) is 4.31 Å². The number of rotatable bonds is 4. The highest BCUT2D eigenvalue weighted by atomic mass is 32.2. The van der Waals surface area contributed by atoms with Gasteiger partial charge in [-0.15, -0.1) is 0 Å². The zero-order valence-electron chi connectivity index (χ0n) is 13.2. The number of aliphatic hydroxyl groups excluding tert-OH is 1. The quantitative estimate of drug-likeness (QED) is 0.927. The molecule has 2 unspecified atom stereocenters. The Morgan fingerprint density at radius 1 is 1.24 bits per heavy atom. The molecular formula is C15H25NO4S. The second kappa shape index (κ2) is 6.10. The highest BCUT2D eigenvalue weighted by Gasteiger charge is 2.36. The fourth-order valence-electron chi connectivity index (χ4n) is 3.39. The van der Waals surface area contributed by atoms with Gasteiger partial charge in [0.25, 0.3) is 0 Å². The van der Waals surface area contributed by atoms with E-state index in [2.05, 4.69) is 6.92 Å². The smallest absolute Gasteiger partial charge is 0.246 e. The van der Waals surface area contributed by atoms with Crippen LogP contribution < -0.4 is 0 Å². The van der Waals surface area contributed by atoms with E-state index in [0.29, 0.717) is 23.0 Å². The van der Waals surface area contributed by atoms with Gasteiger partial charge in [-0.1, -0.05) is 19.8 Å². The molecular weight excluding hydrogens is 290 g/mol. The van der Waals surface area contributed by atoms with Gasteiger partial charge in [-0.05, 0) is 32.6 Å². The lowest BCUT2D eigenvalue weighted by atomic mass is 9.86. The van der Waals surface area contributed by atoms with Gasteiger partial charge in [0.05, 0.1) is 6.61 Å². The van der Waals surface area contributed by atoms with Crippen molar-refractivity contribution in [2.24, 2.45) is 5.92 Å². The van der Waals surface area contributed by atoms with E-state index in [1.807, 2.05) is 0 Å². The first-order chi connectivity index (χ1) is 9.80. The first-order valence-corrected chi connectivity index (χ1v) is 8.92. The molecule has 0 amide bonds. The van der Waals surface area contributed by atoms with Crippen LogP contribution in [0.15, 0.2) is 9.31 Å². The monoisotopic (exact) mass is 315 g/mol. The third-order valence-electron chi connectivity index (χ3n) is 4.65. The van der Waals surface area contributed by atoms with Crippen LogP contribution in [-0.4, -0.2) is 30.9 Å². The molecule has 0 aliphatic heterocycles. The standard InChI is InChI=1S/C15H25NO4S/c1-10-7-5-6-8-14(10)16(4)21(18,19)15-12(3)20-11(2)13(15)9-17/h10,14,17H,5-9H2,1-4H3. The molecule has 0 spiro atoms. The van der Waals surface area contributed by atoms with E-state index >= 15 is 0 Å². The van der Waals surface area contributed by atoms with E-state index in [4.69, 9.17) is 4.42 Å². The molecule has 5 nitrogen and oxygen atoms in total. The molecule has 1 aliphatic rings. The number of aryl methyl sites for hydroxylation is 2. The lowest BCUT2D eigenvalue weighted by Crippen LogP contribution is -2.42. The van der Waals surface area contributed by atoms with Crippen LogP contribution in [0.4, 0.5) is 0 Å². The van der Waals surface area contributed by atoms with Crippen LogP contribution in [-0.2, 0) is 16.6 Å². The van der Waals surface area contributed by atoms with Crippen molar-refractivity contribution >= 4 is 10.0 Å². The van der Waals surface area contributed by atoms with Crippen LogP contribution in [0.5, 0.6) is 0 Å². The summed E-state index contributed by atoms with van der Waals surface area (Å²) in [5.74, 6) is 1.18. The van der Waals surface area contributed by atoms with Crippen molar-refractivity contribution in [1.29, 1.82) is 0 Å². The summed E-state index contributed by atoms with van der Waals surface area (Å²) >= 11 is 0. The molecule has 0 bridgehead atoms. The molecule has 1 saturated carbocycles. The Balaban J connectivity index is 2.42. The summed E-state index contributed by atoms with van der Waals surface area (Å²) in [4.78, 5) is 0.141. The molecule has 1 fully saturated rings. The fourth-order valence-corrected chi connectivity index (χ4v) is 5.27. The first-order valence-electron chi connectivity index (χ1n) is 7.48. The molecule has 120 valence electrons. The minimum atomic E-state index is -3.64. The van der Waals surface area contributed by atoms with Gasteiger partial charge in [0.1, 0.15) is 16.4 Å². The van der Waals surface area contributed by atoms with E-state index in [-0.39, 0.29) is 17.5 Å². The molecule has 2 rings (SSSR count). The van der Waals surface area contributed by atoms with Gasteiger partial charge < -0.3 is 9.52 Å². The summed E-state index contributed by atoms with van der Waals surface area (Å²) in [5, 5.41) is 9.48. The molecule has 0 radical (unpaired) electrons. The highest BCUT2D eigenvalue weighted by Crippen LogP contribution is 2.34. The Labute approximate surface area is 127 Å². The molecule has 21 heavy (non-hydrogen) atoms. The second-order valence-corrected chi connectivity index (χ2v) is 7.96. The van der Waals surface area contributed by atoms with Crippen LogP contribution in [0.2, 0.25) is 0 Å². The van der Waals surface area contributed by atoms with E-state index < -0.39 is 10.0 Å². The van der Waals surface area contributed by atoms with Crippen molar-refractivity contribution in [1.82, 2.24) is 4.31 Å². The highest BCUT2D eigenvalue weighted by molar-refractivity contribution is 7.89. The number of hydrogen-bond acceptors (Lipinski definition) is 4. The second-order valence-electron chi connectivity index (χ2n) is 6.03. The van der Waals surface area contributed by atoms with Gasteiger partial charge in [0.15, 0.2) is 0 Å². The molecule has 1 heterocycles. The van der Waals surface area contributed by atoms with Crippen LogP contribution in [0, 0.1) is 19.8 Å². The molecule has 1 N–H and O–H groups in total. The predicted molar refractivity (Wildman–Crippen MR) is 80.5 cm³/mol. The summed E-state index contributed by atoms with van der Waals surface area (Å²) in [6.45, 7) is 5.10. The van der Waals surface area contributed by atoms with Crippen molar-refractivity contribution in [3.8, 4) is 0 Å². The van der Waals surface area contributed by atoms with E-state index in [0.717, 1.165) is 25.7 Å². The maximum Gasteiger partial charge on any atom is 0.246 e. The summed E-state index contributed by atoms with van der Waals surface area (Å²) in [7, 11) is -2.00. The number of sulfonamides is 1. The summed E-state index contributed by atoms with van der Waals surface area (Å²) in [5.41, 5.74) is 0.378. The Kier molecular flexibility index (Phi) is 4.80. The average molecular weight is 315 g/mol. The predicted octanol–water partition coefficient (Wildman–Crippen LogP) is 2.59. The minimum absolute atomic E-state index is 0.0184. The Morgan fingerprint density at radius 3 is 2.43 bits per heavy atom. The Morgan fingerprint density at radius 2 is 1.86 bits per heavy atom. The molecule has 0 saturated heterocycles. The largest absolute Gasteiger partial charge is 0.465 e. The zero-order valence-corrected chi connectivity index (χ0v) is 14.0. The van der Waals surface area contributed by atoms with E-state index in [1.165, 1.54) is 4.31 Å². The first kappa shape index (κ1) is 16.5. The average Bonchev–Trinajstić information content (AvgIpc) is 2.73. The van der Waals surface area contributed by atoms with Gasteiger partial charge in [-0.3, -0.25) is 0 Å². The van der Waals surface area contributed by atoms with Crippen LogP contribution >= 0.6 is 0 Å². The lowest BCUT2D eigenvalue weighted by molar-refractivity contribution is 0.213. The molecule has 1 aromatic heterocycles. The van der Waals surface area contributed by atoms with Crippen molar-refractivity contribution < 1.29 is 17.9 Å². The number of furan rings is 1. The minimum Gasteiger partial charge on any atom is -0.465 e. The molecule has 2 atom stereocenters. The van der Waals surface area contributed by atoms with E-state index in [9.17, 15) is 13.5 Å². The van der Waals surface area contributed by atoms with Crippen LogP contribution in [0.25, 0.3) is 0 Å². The van der Waals surface area contributed by atoms with Gasteiger partial charge in [0, 0.05) is 18.7 Å². The normalized spacial score (nSPS) is 23.7. The third-order valence-corrected chi connectivity index (χ3v) is 6.73. The maximum atomic E-state index is 12.9. The SMILES string of the molecule is Cc1oc(C)c(S(=O)(=O)N(C)C2CCCCC2C)c1CO. The zero-order chi connectivity index (χ0) is 15.8. The summed E-state index contributed by atoms with van der Waals surface area (Å²) < 4.78 is 32.8. The molecule has 1 aliphatic carbocycles. The van der Waals surface area contributed by atoms with Gasteiger partial charge >= 0.3 is 0 Å². The summed E-state index contributed by atoms with van der Waals surface area (Å²) in [6, 6.07) is 0.0184. The van der Waals surface area contributed by atoms with E-state index in [1.54, 1.807) is 20.9 Å². The van der Waals surface area contributed by atoms with Gasteiger partial charge in [-0.25, -0.2) is 8.42 Å². The summed E-state index contributed by atoms with van der Waals surface area (Å²) in [6.07, 6.45) is 4.17. The third kappa shape index (κ3) is 2.89.